The Morgan fingerprint density at radius 1 is 1.06 bits per heavy atom. The zero-order valence-electron chi connectivity index (χ0n) is 21.2. The summed E-state index contributed by atoms with van der Waals surface area (Å²) in [6, 6.07) is 10.4. The SMILES string of the molecule is CC1CCCC(Nc2ccc3cccc(Cl)c3n2)C1.CN1C(=O)C(CCC2CCCCC2)N=C1N. The molecule has 2 heterocycles. The third kappa shape index (κ3) is 6.87. The fourth-order valence-electron chi connectivity index (χ4n) is 5.66. The highest BCUT2D eigenvalue weighted by atomic mass is 35.5. The van der Waals surface area contributed by atoms with Crippen LogP contribution in [-0.4, -0.2) is 40.9 Å². The van der Waals surface area contributed by atoms with Gasteiger partial charge >= 0.3 is 0 Å². The van der Waals surface area contributed by atoms with Crippen molar-refractivity contribution in [1.29, 1.82) is 0 Å². The number of aromatic nitrogens is 1. The minimum absolute atomic E-state index is 0.0632. The second-order valence-electron chi connectivity index (χ2n) is 10.6. The number of nitrogens with zero attached hydrogens (tertiary/aromatic N) is 3. The lowest BCUT2D eigenvalue weighted by atomic mass is 9.85. The molecular weight excluding hydrogens is 458 g/mol. The topological polar surface area (TPSA) is 83.6 Å². The van der Waals surface area contributed by atoms with Crippen LogP contribution in [0.3, 0.4) is 0 Å². The zero-order valence-corrected chi connectivity index (χ0v) is 21.9. The largest absolute Gasteiger partial charge is 0.369 e. The van der Waals surface area contributed by atoms with Crippen LogP contribution in [0.25, 0.3) is 10.9 Å². The first-order valence-electron chi connectivity index (χ1n) is 13.3. The van der Waals surface area contributed by atoms with Crippen molar-refractivity contribution < 1.29 is 4.79 Å². The normalized spacial score (nSPS) is 25.2. The van der Waals surface area contributed by atoms with Crippen LogP contribution in [0, 0.1) is 11.8 Å². The summed E-state index contributed by atoms with van der Waals surface area (Å²) in [6.45, 7) is 2.33. The van der Waals surface area contributed by atoms with Crippen molar-refractivity contribution in [3.05, 3.63) is 35.4 Å². The molecule has 5 rings (SSSR count). The molecule has 1 aromatic heterocycles. The number of para-hydroxylation sites is 1. The van der Waals surface area contributed by atoms with Crippen LogP contribution in [0.5, 0.6) is 0 Å². The number of halogens is 1. The number of amides is 1. The molecule has 3 N–H and O–H groups in total. The van der Waals surface area contributed by atoms with Crippen molar-refractivity contribution in [3.63, 3.8) is 0 Å². The first kappa shape index (κ1) is 25.7. The highest BCUT2D eigenvalue weighted by molar-refractivity contribution is 6.35. The summed E-state index contributed by atoms with van der Waals surface area (Å²) < 4.78 is 0. The van der Waals surface area contributed by atoms with Gasteiger partial charge in [0.2, 0.25) is 0 Å². The third-order valence-electron chi connectivity index (χ3n) is 7.78. The first-order chi connectivity index (χ1) is 16.9. The van der Waals surface area contributed by atoms with Crippen LogP contribution >= 0.6 is 11.6 Å². The molecule has 6 nitrogen and oxygen atoms in total. The predicted molar refractivity (Wildman–Crippen MR) is 146 cm³/mol. The molecule has 0 radical (unpaired) electrons. The highest BCUT2D eigenvalue weighted by Crippen LogP contribution is 2.29. The molecule has 0 bridgehead atoms. The Labute approximate surface area is 214 Å². The molecule has 35 heavy (non-hydrogen) atoms. The lowest BCUT2D eigenvalue weighted by Crippen LogP contribution is -2.35. The maximum absolute atomic E-state index is 11.7. The molecule has 2 aliphatic carbocycles. The number of likely N-dealkylation sites (N-methyl/N-ethyl adjacent to an activating group) is 1. The molecule has 2 saturated carbocycles. The molecular formula is C28H40ClN5O. The number of hydrogen-bond acceptors (Lipinski definition) is 5. The Bertz CT molecular complexity index is 1040. The molecule has 2 aromatic rings. The Hall–Kier alpha value is -2.34. The van der Waals surface area contributed by atoms with Crippen LogP contribution in [0.1, 0.15) is 77.6 Å². The Balaban J connectivity index is 0.000000168. The van der Waals surface area contributed by atoms with Gasteiger partial charge in [0.25, 0.3) is 5.91 Å². The summed E-state index contributed by atoms with van der Waals surface area (Å²) in [6.07, 6.45) is 13.9. The van der Waals surface area contributed by atoms with Gasteiger partial charge in [0.1, 0.15) is 11.9 Å². The molecule has 0 spiro atoms. The van der Waals surface area contributed by atoms with E-state index >= 15 is 0 Å². The lowest BCUT2D eigenvalue weighted by molar-refractivity contribution is -0.126. The smallest absolute Gasteiger partial charge is 0.253 e. The number of guanidine groups is 1. The average Bonchev–Trinajstić information content (AvgIpc) is 3.11. The predicted octanol–water partition coefficient (Wildman–Crippen LogP) is 6.38. The van der Waals surface area contributed by atoms with Crippen LogP contribution < -0.4 is 11.1 Å². The quantitative estimate of drug-likeness (QED) is 0.501. The number of hydrogen-bond donors (Lipinski definition) is 2. The summed E-state index contributed by atoms with van der Waals surface area (Å²) in [5, 5.41) is 5.37. The summed E-state index contributed by atoms with van der Waals surface area (Å²) in [5.74, 6) is 3.01. The monoisotopic (exact) mass is 497 g/mol. The van der Waals surface area contributed by atoms with Gasteiger partial charge in [-0.15, -0.1) is 0 Å². The van der Waals surface area contributed by atoms with E-state index in [4.69, 9.17) is 17.3 Å². The number of carbonyl (C=O) groups excluding carboxylic acids is 1. The van der Waals surface area contributed by atoms with Crippen molar-refractivity contribution in [1.82, 2.24) is 9.88 Å². The van der Waals surface area contributed by atoms with Crippen LogP contribution in [0.2, 0.25) is 5.02 Å². The Morgan fingerprint density at radius 2 is 1.86 bits per heavy atom. The van der Waals surface area contributed by atoms with Crippen LogP contribution in [-0.2, 0) is 4.79 Å². The van der Waals surface area contributed by atoms with Crippen molar-refractivity contribution in [2.75, 3.05) is 12.4 Å². The molecule has 0 saturated heterocycles. The van der Waals surface area contributed by atoms with Crippen molar-refractivity contribution in [3.8, 4) is 0 Å². The summed E-state index contributed by atoms with van der Waals surface area (Å²) in [4.78, 5) is 22.0. The molecule has 1 aromatic carbocycles. The molecule has 2 fully saturated rings. The number of anilines is 1. The average molecular weight is 498 g/mol. The van der Waals surface area contributed by atoms with E-state index in [-0.39, 0.29) is 11.9 Å². The van der Waals surface area contributed by atoms with Gasteiger partial charge in [-0.2, -0.15) is 0 Å². The van der Waals surface area contributed by atoms with Gasteiger partial charge in [-0.3, -0.25) is 9.69 Å². The van der Waals surface area contributed by atoms with Gasteiger partial charge in [-0.05, 0) is 55.7 Å². The maximum Gasteiger partial charge on any atom is 0.253 e. The minimum Gasteiger partial charge on any atom is -0.369 e. The second-order valence-corrected chi connectivity index (χ2v) is 11.0. The number of pyridine rings is 1. The first-order valence-corrected chi connectivity index (χ1v) is 13.7. The molecule has 7 heteroatoms. The summed E-state index contributed by atoms with van der Waals surface area (Å²) in [5.41, 5.74) is 6.51. The van der Waals surface area contributed by atoms with Gasteiger partial charge in [0.05, 0.1) is 10.5 Å². The molecule has 1 amide bonds. The van der Waals surface area contributed by atoms with Gasteiger partial charge in [-0.25, -0.2) is 9.98 Å². The molecule has 190 valence electrons. The van der Waals surface area contributed by atoms with Crippen LogP contribution in [0.4, 0.5) is 5.82 Å². The molecule has 3 unspecified atom stereocenters. The van der Waals surface area contributed by atoms with E-state index in [0.717, 1.165) is 46.4 Å². The number of rotatable bonds is 5. The van der Waals surface area contributed by atoms with E-state index in [1.165, 1.54) is 62.7 Å². The van der Waals surface area contributed by atoms with E-state index in [1.807, 2.05) is 18.2 Å². The fourth-order valence-corrected chi connectivity index (χ4v) is 5.89. The minimum atomic E-state index is -0.202. The van der Waals surface area contributed by atoms with Crippen molar-refractivity contribution in [2.45, 2.75) is 89.6 Å². The fraction of sp³-hybridized carbons (Fsp3) is 0.607. The van der Waals surface area contributed by atoms with Gasteiger partial charge in [-0.1, -0.05) is 75.6 Å². The zero-order chi connectivity index (χ0) is 24.8. The van der Waals surface area contributed by atoms with E-state index in [1.54, 1.807) is 7.05 Å². The number of fused-ring (bicyclic) bond motifs is 1. The van der Waals surface area contributed by atoms with Gasteiger partial charge in [0, 0.05) is 18.5 Å². The number of aliphatic imine (C=N–C) groups is 1. The number of nitrogens with two attached hydrogens (primary N) is 1. The maximum atomic E-state index is 11.7. The second kappa shape index (κ2) is 12.1. The molecule has 3 aliphatic rings. The van der Waals surface area contributed by atoms with E-state index in [9.17, 15) is 4.79 Å². The highest BCUT2D eigenvalue weighted by Gasteiger charge is 2.30. The molecule has 3 atom stereocenters. The van der Waals surface area contributed by atoms with E-state index < -0.39 is 0 Å². The number of nitrogens with one attached hydrogen (secondary N) is 1. The van der Waals surface area contributed by atoms with E-state index in [2.05, 4.69) is 34.3 Å². The third-order valence-corrected chi connectivity index (χ3v) is 8.08. The van der Waals surface area contributed by atoms with E-state index in [0.29, 0.717) is 12.0 Å². The Morgan fingerprint density at radius 3 is 2.57 bits per heavy atom. The summed E-state index contributed by atoms with van der Waals surface area (Å²) in [7, 11) is 1.70. The number of carbonyl (C=O) groups is 1. The Kier molecular flexibility index (Phi) is 8.88. The van der Waals surface area contributed by atoms with Crippen LogP contribution in [0.15, 0.2) is 35.3 Å². The molecule has 1 aliphatic heterocycles. The van der Waals surface area contributed by atoms with Gasteiger partial charge < -0.3 is 11.1 Å². The van der Waals surface area contributed by atoms with Crippen molar-refractivity contribution in [2.24, 2.45) is 22.6 Å². The standard InChI is InChI=1S/C16H19ClN2.C12H21N3O/c1-11-4-2-6-13(10-11)18-15-9-8-12-5-3-7-14(17)16(12)19-15;1-15-11(16)10(14-12(15)13)8-7-9-5-3-2-4-6-9/h3,5,7-9,11,13H,2,4,6,10H2,1H3,(H,18,19);9-10H,2-8H2,1H3,(H2,13,14). The van der Waals surface area contributed by atoms with Crippen molar-refractivity contribution >= 4 is 40.2 Å². The van der Waals surface area contributed by atoms with Gasteiger partial charge in [0.15, 0.2) is 5.96 Å². The lowest BCUT2D eigenvalue weighted by Gasteiger charge is -2.27. The summed E-state index contributed by atoms with van der Waals surface area (Å²) >= 11 is 6.20. The number of benzene rings is 1.